The lowest BCUT2D eigenvalue weighted by molar-refractivity contribution is -0.141. The van der Waals surface area contributed by atoms with E-state index in [0.29, 0.717) is 18.0 Å². The number of carbonyl (C=O) groups excluding carboxylic acids is 3. The average Bonchev–Trinajstić information content (AvgIpc) is 3.05. The molecule has 1 N–H and O–H groups in total. The Bertz CT molecular complexity index is 1200. The molecule has 0 radical (unpaired) electrons. The highest BCUT2D eigenvalue weighted by molar-refractivity contribution is 7.90. The van der Waals surface area contributed by atoms with Crippen LogP contribution in [-0.2, 0) is 26.2 Å². The maximum atomic E-state index is 13.4. The van der Waals surface area contributed by atoms with Gasteiger partial charge in [0.05, 0.1) is 5.56 Å². The number of hydrogen-bond acceptors (Lipinski definition) is 5. The summed E-state index contributed by atoms with van der Waals surface area (Å²) in [6, 6.07) is 12.5. The minimum absolute atomic E-state index is 0.0119. The van der Waals surface area contributed by atoms with E-state index >= 15 is 0 Å². The molecule has 8 nitrogen and oxygen atoms in total. The van der Waals surface area contributed by atoms with E-state index in [1.165, 1.54) is 17.0 Å². The van der Waals surface area contributed by atoms with Crippen LogP contribution in [0.3, 0.4) is 0 Å². The Balaban J connectivity index is 1.72. The van der Waals surface area contributed by atoms with Crippen molar-refractivity contribution in [3.63, 3.8) is 0 Å². The molecular weight excluding hydrogens is 502 g/mol. The van der Waals surface area contributed by atoms with Crippen LogP contribution in [0.5, 0.6) is 0 Å². The summed E-state index contributed by atoms with van der Waals surface area (Å²) in [6.45, 7) is 4.50. The number of nitrogens with zero attached hydrogens (tertiary/aromatic N) is 2. The third kappa shape index (κ3) is 6.25. The van der Waals surface area contributed by atoms with Crippen LogP contribution in [0.2, 0.25) is 5.02 Å². The summed E-state index contributed by atoms with van der Waals surface area (Å²) >= 11 is 6.00. The van der Waals surface area contributed by atoms with Gasteiger partial charge in [-0.1, -0.05) is 56.1 Å². The van der Waals surface area contributed by atoms with Crippen molar-refractivity contribution in [1.82, 2.24) is 14.5 Å². The fraction of sp³-hybridized carbons (Fsp3) is 0.423. The number of unbranched alkanes of at least 4 members (excludes halogenated alkanes) is 1. The normalized spacial score (nSPS) is 14.9. The maximum absolute atomic E-state index is 13.4. The summed E-state index contributed by atoms with van der Waals surface area (Å²) < 4.78 is 26.4. The topological polar surface area (TPSA) is 104 Å². The maximum Gasteiger partial charge on any atom is 0.269 e. The summed E-state index contributed by atoms with van der Waals surface area (Å²) in [5, 5.41) is 3.47. The lowest BCUT2D eigenvalue weighted by atomic mass is 10.1. The highest BCUT2D eigenvalue weighted by atomic mass is 35.5. The van der Waals surface area contributed by atoms with E-state index < -0.39 is 22.0 Å². The Morgan fingerprint density at radius 3 is 2.39 bits per heavy atom. The summed E-state index contributed by atoms with van der Waals surface area (Å²) in [4.78, 5) is 40.4. The Labute approximate surface area is 217 Å². The number of halogens is 1. The van der Waals surface area contributed by atoms with Crippen molar-refractivity contribution in [2.45, 2.75) is 63.4 Å². The number of rotatable bonds is 12. The second kappa shape index (κ2) is 12.4. The smallest absolute Gasteiger partial charge is 0.269 e. The van der Waals surface area contributed by atoms with Gasteiger partial charge < -0.3 is 10.2 Å². The van der Waals surface area contributed by atoms with Crippen molar-refractivity contribution >= 4 is 39.3 Å². The highest BCUT2D eigenvalue weighted by Crippen LogP contribution is 2.30. The minimum atomic E-state index is -3.93. The summed E-state index contributed by atoms with van der Waals surface area (Å²) in [6.07, 6.45) is 2.33. The molecule has 0 saturated heterocycles. The number of fused-ring (bicyclic) bond motifs is 1. The van der Waals surface area contributed by atoms with Crippen LogP contribution in [0.15, 0.2) is 53.4 Å². The molecule has 36 heavy (non-hydrogen) atoms. The molecule has 0 spiro atoms. The number of nitrogens with one attached hydrogen (secondary N) is 1. The number of sulfonamides is 1. The van der Waals surface area contributed by atoms with Crippen molar-refractivity contribution < 1.29 is 22.8 Å². The standard InChI is InChI=1S/C26H32ClN3O5S/c1-3-5-16-28-25(32)22(4-2)29(18-19-12-14-20(27)15-13-19)24(31)11-8-17-30-26(33)21-9-6-7-10-23(21)36(30,34)35/h6-7,9-10,12-15,22H,3-5,8,11,16-18H2,1-2H3,(H,28,32)/t22-/m1/s1. The zero-order valence-electron chi connectivity index (χ0n) is 20.6. The van der Waals surface area contributed by atoms with Crippen LogP contribution in [0.4, 0.5) is 0 Å². The van der Waals surface area contributed by atoms with Crippen LogP contribution < -0.4 is 5.32 Å². The molecule has 3 amide bonds. The van der Waals surface area contributed by atoms with Crippen LogP contribution in [0, 0.1) is 0 Å². The van der Waals surface area contributed by atoms with Gasteiger partial charge in [0.1, 0.15) is 10.9 Å². The highest BCUT2D eigenvalue weighted by Gasteiger charge is 2.40. The van der Waals surface area contributed by atoms with Gasteiger partial charge in [-0.3, -0.25) is 14.4 Å². The molecule has 10 heteroatoms. The van der Waals surface area contributed by atoms with Crippen LogP contribution in [0.25, 0.3) is 0 Å². The SMILES string of the molecule is CCCCNC(=O)[C@@H](CC)N(Cc1ccc(Cl)cc1)C(=O)CCCN1C(=O)c2ccccc2S1(=O)=O. The van der Waals surface area contributed by atoms with Crippen molar-refractivity contribution in [3.05, 3.63) is 64.7 Å². The van der Waals surface area contributed by atoms with E-state index in [2.05, 4.69) is 5.32 Å². The van der Waals surface area contributed by atoms with Gasteiger partial charge in [0.2, 0.25) is 11.8 Å². The van der Waals surface area contributed by atoms with Gasteiger partial charge in [0.25, 0.3) is 15.9 Å². The fourth-order valence-electron chi connectivity index (χ4n) is 4.18. The molecule has 0 aliphatic carbocycles. The average molecular weight is 534 g/mol. The number of benzene rings is 2. The number of hydrogen-bond donors (Lipinski definition) is 1. The van der Waals surface area contributed by atoms with E-state index in [4.69, 9.17) is 11.6 Å². The molecule has 0 fully saturated rings. The molecule has 2 aromatic rings. The number of amides is 3. The van der Waals surface area contributed by atoms with Gasteiger partial charge in [-0.05, 0) is 49.1 Å². The molecule has 1 atom stereocenters. The van der Waals surface area contributed by atoms with Gasteiger partial charge in [-0.15, -0.1) is 0 Å². The van der Waals surface area contributed by atoms with E-state index in [9.17, 15) is 22.8 Å². The van der Waals surface area contributed by atoms with Gasteiger partial charge in [-0.2, -0.15) is 0 Å². The Morgan fingerprint density at radius 1 is 1.06 bits per heavy atom. The third-order valence-corrected chi connectivity index (χ3v) is 8.24. The van der Waals surface area contributed by atoms with Crippen molar-refractivity contribution in [2.24, 2.45) is 0 Å². The summed E-state index contributed by atoms with van der Waals surface area (Å²) in [5.41, 5.74) is 0.961. The largest absolute Gasteiger partial charge is 0.354 e. The van der Waals surface area contributed by atoms with Crippen molar-refractivity contribution in [2.75, 3.05) is 13.1 Å². The molecule has 2 aromatic carbocycles. The summed E-state index contributed by atoms with van der Waals surface area (Å²) in [7, 11) is -3.93. The molecule has 0 saturated carbocycles. The molecule has 0 bridgehead atoms. The van der Waals surface area contributed by atoms with E-state index in [-0.39, 0.29) is 48.2 Å². The van der Waals surface area contributed by atoms with E-state index in [1.807, 2.05) is 13.8 Å². The van der Waals surface area contributed by atoms with Gasteiger partial charge in [-0.25, -0.2) is 12.7 Å². The zero-order valence-corrected chi connectivity index (χ0v) is 22.1. The third-order valence-electron chi connectivity index (χ3n) is 6.15. The molecule has 1 heterocycles. The second-order valence-electron chi connectivity index (χ2n) is 8.70. The first-order valence-corrected chi connectivity index (χ1v) is 14.0. The Kier molecular flexibility index (Phi) is 9.50. The quantitative estimate of drug-likeness (QED) is 0.415. The van der Waals surface area contributed by atoms with Gasteiger partial charge >= 0.3 is 0 Å². The first kappa shape index (κ1) is 27.7. The van der Waals surface area contributed by atoms with Crippen LogP contribution in [0.1, 0.15) is 61.9 Å². The molecule has 1 aliphatic heterocycles. The number of carbonyl (C=O) groups is 3. The Hall–Kier alpha value is -2.91. The van der Waals surface area contributed by atoms with Crippen molar-refractivity contribution in [3.8, 4) is 0 Å². The molecule has 3 rings (SSSR count). The lowest BCUT2D eigenvalue weighted by Crippen LogP contribution is -2.49. The van der Waals surface area contributed by atoms with E-state index in [1.54, 1.807) is 36.4 Å². The van der Waals surface area contributed by atoms with Crippen LogP contribution >= 0.6 is 11.6 Å². The predicted octanol–water partition coefficient (Wildman–Crippen LogP) is 3.99. The molecule has 0 aromatic heterocycles. The zero-order chi connectivity index (χ0) is 26.3. The second-order valence-corrected chi connectivity index (χ2v) is 11.0. The fourth-order valence-corrected chi connectivity index (χ4v) is 5.92. The summed E-state index contributed by atoms with van der Waals surface area (Å²) in [5.74, 6) is -1.09. The van der Waals surface area contributed by atoms with Gasteiger partial charge in [0, 0.05) is 31.1 Å². The molecule has 1 aliphatic rings. The van der Waals surface area contributed by atoms with Crippen molar-refractivity contribution in [1.29, 1.82) is 0 Å². The molecule has 194 valence electrons. The first-order valence-electron chi connectivity index (χ1n) is 12.2. The first-order chi connectivity index (χ1) is 17.2. The monoisotopic (exact) mass is 533 g/mol. The Morgan fingerprint density at radius 2 is 1.75 bits per heavy atom. The van der Waals surface area contributed by atoms with Gasteiger partial charge in [0.15, 0.2) is 0 Å². The minimum Gasteiger partial charge on any atom is -0.354 e. The molecular formula is C26H32ClN3O5S. The van der Waals surface area contributed by atoms with E-state index in [0.717, 1.165) is 22.7 Å². The van der Waals surface area contributed by atoms with Crippen LogP contribution in [-0.4, -0.2) is 54.5 Å². The lowest BCUT2D eigenvalue weighted by Gasteiger charge is -2.31. The molecule has 0 unspecified atom stereocenters. The predicted molar refractivity (Wildman–Crippen MR) is 138 cm³/mol.